The third-order valence-corrected chi connectivity index (χ3v) is 4.60. The van der Waals surface area contributed by atoms with Crippen molar-refractivity contribution in [2.75, 3.05) is 20.3 Å². The van der Waals surface area contributed by atoms with E-state index in [1.54, 1.807) is 18.4 Å². The second-order valence-corrected chi connectivity index (χ2v) is 6.32. The maximum Gasteiger partial charge on any atom is 0.124 e. The summed E-state index contributed by atoms with van der Waals surface area (Å²) >= 11 is 1.77. The van der Waals surface area contributed by atoms with Crippen molar-refractivity contribution < 1.29 is 9.47 Å². The van der Waals surface area contributed by atoms with Crippen LogP contribution in [0.1, 0.15) is 10.4 Å². The molecule has 3 aromatic rings. The van der Waals surface area contributed by atoms with E-state index in [0.717, 1.165) is 18.8 Å². The number of ether oxygens (including phenoxy) is 2. The van der Waals surface area contributed by atoms with E-state index in [1.165, 1.54) is 21.2 Å². The van der Waals surface area contributed by atoms with Crippen molar-refractivity contribution in [3.05, 3.63) is 64.4 Å². The first-order valence-electron chi connectivity index (χ1n) is 7.74. The first-order valence-corrected chi connectivity index (χ1v) is 8.62. The Morgan fingerprint density at radius 1 is 0.957 bits per heavy atom. The Morgan fingerprint density at radius 3 is 2.70 bits per heavy atom. The number of hydrogen-bond donors (Lipinski definition) is 1. The van der Waals surface area contributed by atoms with Crippen LogP contribution < -0.4 is 10.1 Å². The van der Waals surface area contributed by atoms with Gasteiger partial charge in [0.05, 0.1) is 6.61 Å². The van der Waals surface area contributed by atoms with Crippen LogP contribution in [0.4, 0.5) is 0 Å². The Bertz CT molecular complexity index is 740. The largest absolute Gasteiger partial charge is 0.491 e. The molecule has 0 bridgehead atoms. The summed E-state index contributed by atoms with van der Waals surface area (Å²) in [5, 5.41) is 8.10. The SMILES string of the molecule is COCCOc1ccc2ccccc2c1CNCc1cccs1. The topological polar surface area (TPSA) is 30.5 Å². The average molecular weight is 327 g/mol. The highest BCUT2D eigenvalue weighted by molar-refractivity contribution is 7.09. The minimum absolute atomic E-state index is 0.562. The van der Waals surface area contributed by atoms with Gasteiger partial charge in [-0.15, -0.1) is 11.3 Å². The molecule has 0 spiro atoms. The molecule has 120 valence electrons. The maximum absolute atomic E-state index is 5.91. The summed E-state index contributed by atoms with van der Waals surface area (Å²) in [5.41, 5.74) is 1.20. The Balaban J connectivity index is 1.79. The lowest BCUT2D eigenvalue weighted by Crippen LogP contribution is -2.14. The molecule has 1 aromatic heterocycles. The summed E-state index contributed by atoms with van der Waals surface area (Å²) in [6.07, 6.45) is 0. The molecule has 0 unspecified atom stereocenters. The van der Waals surface area contributed by atoms with Crippen molar-refractivity contribution in [2.24, 2.45) is 0 Å². The summed E-state index contributed by atoms with van der Waals surface area (Å²) in [6.45, 7) is 2.81. The van der Waals surface area contributed by atoms with Crippen LogP contribution in [0.5, 0.6) is 5.75 Å². The molecule has 0 saturated carbocycles. The molecule has 0 fully saturated rings. The quantitative estimate of drug-likeness (QED) is 0.629. The van der Waals surface area contributed by atoms with Crippen molar-refractivity contribution in [1.82, 2.24) is 5.32 Å². The van der Waals surface area contributed by atoms with Crippen molar-refractivity contribution in [1.29, 1.82) is 0 Å². The third-order valence-electron chi connectivity index (χ3n) is 3.72. The molecular formula is C19H21NO2S. The molecule has 23 heavy (non-hydrogen) atoms. The zero-order valence-electron chi connectivity index (χ0n) is 13.2. The monoisotopic (exact) mass is 327 g/mol. The molecule has 0 aliphatic rings. The molecular weight excluding hydrogens is 306 g/mol. The van der Waals surface area contributed by atoms with Gasteiger partial charge < -0.3 is 14.8 Å². The van der Waals surface area contributed by atoms with Gasteiger partial charge in [-0.3, -0.25) is 0 Å². The molecule has 3 nitrogen and oxygen atoms in total. The van der Waals surface area contributed by atoms with Crippen molar-refractivity contribution in [3.8, 4) is 5.75 Å². The third kappa shape index (κ3) is 4.10. The second kappa shape index (κ2) is 8.11. The smallest absolute Gasteiger partial charge is 0.124 e. The van der Waals surface area contributed by atoms with E-state index in [9.17, 15) is 0 Å². The Labute approximate surface area is 140 Å². The first-order chi connectivity index (χ1) is 11.4. The van der Waals surface area contributed by atoms with Gasteiger partial charge >= 0.3 is 0 Å². The zero-order valence-corrected chi connectivity index (χ0v) is 14.1. The standard InChI is InChI=1S/C19H21NO2S/c1-21-10-11-22-19-9-8-15-5-2-3-7-17(15)18(19)14-20-13-16-6-4-12-23-16/h2-9,12,20H,10-11,13-14H2,1H3. The first kappa shape index (κ1) is 16.0. The van der Waals surface area contributed by atoms with Crippen LogP contribution in [0.2, 0.25) is 0 Å². The number of rotatable bonds is 8. The van der Waals surface area contributed by atoms with E-state index in [-0.39, 0.29) is 0 Å². The predicted molar refractivity (Wildman–Crippen MR) is 96.2 cm³/mol. The normalized spacial score (nSPS) is 11.0. The van der Waals surface area contributed by atoms with E-state index in [4.69, 9.17) is 9.47 Å². The molecule has 1 heterocycles. The molecule has 0 saturated heterocycles. The lowest BCUT2D eigenvalue weighted by molar-refractivity contribution is 0.146. The Hall–Kier alpha value is -1.88. The molecule has 3 rings (SSSR count). The highest BCUT2D eigenvalue weighted by Gasteiger charge is 2.09. The van der Waals surface area contributed by atoms with Crippen molar-refractivity contribution in [3.63, 3.8) is 0 Å². The summed E-state index contributed by atoms with van der Waals surface area (Å²) in [7, 11) is 1.69. The molecule has 0 amide bonds. The van der Waals surface area contributed by atoms with E-state index in [2.05, 4.69) is 59.2 Å². The molecule has 0 radical (unpaired) electrons. The van der Waals surface area contributed by atoms with Gasteiger partial charge in [0.2, 0.25) is 0 Å². The molecule has 0 aliphatic carbocycles. The van der Waals surface area contributed by atoms with Crippen LogP contribution >= 0.6 is 11.3 Å². The van der Waals surface area contributed by atoms with Gasteiger partial charge in [-0.1, -0.05) is 36.4 Å². The molecule has 0 atom stereocenters. The van der Waals surface area contributed by atoms with Gasteiger partial charge in [0, 0.05) is 30.6 Å². The number of nitrogens with one attached hydrogen (secondary N) is 1. The molecule has 4 heteroatoms. The Morgan fingerprint density at radius 2 is 1.87 bits per heavy atom. The van der Waals surface area contributed by atoms with Gasteiger partial charge in [0.25, 0.3) is 0 Å². The van der Waals surface area contributed by atoms with Crippen LogP contribution in [-0.2, 0) is 17.8 Å². The lowest BCUT2D eigenvalue weighted by atomic mass is 10.0. The summed E-state index contributed by atoms with van der Waals surface area (Å²) in [6, 6.07) is 16.8. The van der Waals surface area contributed by atoms with Crippen LogP contribution in [0.15, 0.2) is 53.9 Å². The number of hydrogen-bond acceptors (Lipinski definition) is 4. The maximum atomic E-state index is 5.91. The highest BCUT2D eigenvalue weighted by atomic mass is 32.1. The van der Waals surface area contributed by atoms with Crippen LogP contribution in [0.3, 0.4) is 0 Å². The fraction of sp³-hybridized carbons (Fsp3) is 0.263. The van der Waals surface area contributed by atoms with Gasteiger partial charge in [-0.2, -0.15) is 0 Å². The fourth-order valence-electron chi connectivity index (χ4n) is 2.59. The summed E-state index contributed by atoms with van der Waals surface area (Å²) in [4.78, 5) is 1.34. The van der Waals surface area contributed by atoms with Crippen molar-refractivity contribution >= 4 is 22.1 Å². The summed E-state index contributed by atoms with van der Waals surface area (Å²) in [5.74, 6) is 0.930. The molecule has 1 N–H and O–H groups in total. The van der Waals surface area contributed by atoms with Crippen LogP contribution in [0, 0.1) is 0 Å². The molecule has 0 aliphatic heterocycles. The minimum Gasteiger partial charge on any atom is -0.491 e. The second-order valence-electron chi connectivity index (χ2n) is 5.29. The highest BCUT2D eigenvalue weighted by Crippen LogP contribution is 2.28. The number of methoxy groups -OCH3 is 1. The van der Waals surface area contributed by atoms with Crippen molar-refractivity contribution in [2.45, 2.75) is 13.1 Å². The van der Waals surface area contributed by atoms with Gasteiger partial charge in [-0.25, -0.2) is 0 Å². The lowest BCUT2D eigenvalue weighted by Gasteiger charge is -2.15. The number of fused-ring (bicyclic) bond motifs is 1. The van der Waals surface area contributed by atoms with Gasteiger partial charge in [0.1, 0.15) is 12.4 Å². The van der Waals surface area contributed by atoms with E-state index in [0.29, 0.717) is 13.2 Å². The summed E-state index contributed by atoms with van der Waals surface area (Å²) < 4.78 is 11.0. The Kier molecular flexibility index (Phi) is 5.64. The molecule has 2 aromatic carbocycles. The van der Waals surface area contributed by atoms with E-state index in [1.807, 2.05) is 0 Å². The number of benzene rings is 2. The van der Waals surface area contributed by atoms with Crippen LogP contribution in [-0.4, -0.2) is 20.3 Å². The van der Waals surface area contributed by atoms with Gasteiger partial charge in [0.15, 0.2) is 0 Å². The fourth-order valence-corrected chi connectivity index (χ4v) is 3.27. The minimum atomic E-state index is 0.562. The van der Waals surface area contributed by atoms with Crippen LogP contribution in [0.25, 0.3) is 10.8 Å². The zero-order chi connectivity index (χ0) is 15.9. The van der Waals surface area contributed by atoms with Gasteiger partial charge in [-0.05, 0) is 28.3 Å². The average Bonchev–Trinajstić information content (AvgIpc) is 3.10. The predicted octanol–water partition coefficient (Wildman–Crippen LogP) is 4.22. The van der Waals surface area contributed by atoms with E-state index < -0.39 is 0 Å². The number of thiophene rings is 1. The van der Waals surface area contributed by atoms with E-state index >= 15 is 0 Å².